The molecule has 3 aromatic heterocycles. The van der Waals surface area contributed by atoms with Gasteiger partial charge in [0.25, 0.3) is 5.91 Å². The van der Waals surface area contributed by atoms with Gasteiger partial charge in [-0.3, -0.25) is 9.89 Å². The highest BCUT2D eigenvalue weighted by Gasteiger charge is 2.17. The summed E-state index contributed by atoms with van der Waals surface area (Å²) in [4.78, 5) is 16.7. The Balaban J connectivity index is 1.94. The Morgan fingerprint density at radius 3 is 2.81 bits per heavy atom. The van der Waals surface area contributed by atoms with Crippen LogP contribution in [0.2, 0.25) is 0 Å². The number of carbonyl (C=O) groups excluding carboxylic acids is 1. The largest absolute Gasteiger partial charge is 0.319 e. The molecular formula is C14H14N6O. The van der Waals surface area contributed by atoms with Crippen molar-refractivity contribution >= 4 is 11.6 Å². The molecule has 0 aliphatic heterocycles. The Morgan fingerprint density at radius 2 is 2.14 bits per heavy atom. The van der Waals surface area contributed by atoms with Crippen molar-refractivity contribution in [2.75, 3.05) is 5.32 Å². The third kappa shape index (κ3) is 2.40. The van der Waals surface area contributed by atoms with Gasteiger partial charge in [0.1, 0.15) is 0 Å². The van der Waals surface area contributed by atoms with E-state index in [1.54, 1.807) is 48.4 Å². The fraction of sp³-hybridized carbons (Fsp3) is 0.143. The van der Waals surface area contributed by atoms with Crippen LogP contribution in [-0.4, -0.2) is 30.9 Å². The fourth-order valence-corrected chi connectivity index (χ4v) is 2.14. The molecule has 2 N–H and O–H groups in total. The van der Waals surface area contributed by atoms with Gasteiger partial charge in [0.15, 0.2) is 5.82 Å². The van der Waals surface area contributed by atoms with E-state index < -0.39 is 0 Å². The molecule has 7 nitrogen and oxygen atoms in total. The molecule has 0 aromatic carbocycles. The Kier molecular flexibility index (Phi) is 3.23. The van der Waals surface area contributed by atoms with E-state index in [0.717, 1.165) is 5.69 Å². The second-order valence-electron chi connectivity index (χ2n) is 4.59. The molecule has 0 spiro atoms. The number of hydrogen-bond donors (Lipinski definition) is 2. The molecule has 0 aliphatic rings. The maximum absolute atomic E-state index is 12.4. The first-order valence-electron chi connectivity index (χ1n) is 6.45. The number of aromatic nitrogens is 5. The Hall–Kier alpha value is -2.96. The lowest BCUT2D eigenvalue weighted by molar-refractivity contribution is 0.102. The Morgan fingerprint density at radius 1 is 1.29 bits per heavy atom. The van der Waals surface area contributed by atoms with Crippen molar-refractivity contribution in [2.24, 2.45) is 0 Å². The molecule has 0 atom stereocenters. The number of nitrogens with one attached hydrogen (secondary N) is 2. The number of carbonyl (C=O) groups is 1. The summed E-state index contributed by atoms with van der Waals surface area (Å²) in [6.45, 7) is 3.60. The minimum atomic E-state index is -0.222. The van der Waals surface area contributed by atoms with Gasteiger partial charge in [-0.25, -0.2) is 9.67 Å². The SMILES string of the molecule is Cc1n[nH]c(C)c1C(=O)Nc1cccnc1-n1cccn1. The van der Waals surface area contributed by atoms with Gasteiger partial charge in [-0.05, 0) is 32.0 Å². The molecular weight excluding hydrogens is 268 g/mol. The van der Waals surface area contributed by atoms with Gasteiger partial charge >= 0.3 is 0 Å². The molecule has 0 saturated heterocycles. The molecule has 7 heteroatoms. The predicted octanol–water partition coefficient (Wildman–Crippen LogP) is 1.86. The lowest BCUT2D eigenvalue weighted by atomic mass is 10.2. The van der Waals surface area contributed by atoms with Crippen LogP contribution in [0.1, 0.15) is 21.7 Å². The summed E-state index contributed by atoms with van der Waals surface area (Å²) in [6.07, 6.45) is 5.08. The molecule has 0 fully saturated rings. The van der Waals surface area contributed by atoms with Crippen LogP contribution in [-0.2, 0) is 0 Å². The molecule has 3 rings (SSSR count). The normalized spacial score (nSPS) is 10.6. The number of aromatic amines is 1. The zero-order valence-electron chi connectivity index (χ0n) is 11.7. The van der Waals surface area contributed by atoms with E-state index in [9.17, 15) is 4.79 Å². The van der Waals surface area contributed by atoms with Crippen LogP contribution in [0.4, 0.5) is 5.69 Å². The lowest BCUT2D eigenvalue weighted by Crippen LogP contribution is -2.16. The molecule has 0 unspecified atom stereocenters. The smallest absolute Gasteiger partial charge is 0.259 e. The Labute approximate surface area is 121 Å². The highest BCUT2D eigenvalue weighted by molar-refractivity contribution is 6.06. The van der Waals surface area contributed by atoms with Crippen molar-refractivity contribution in [3.8, 4) is 5.82 Å². The van der Waals surface area contributed by atoms with Gasteiger partial charge in [-0.2, -0.15) is 10.2 Å². The third-order valence-corrected chi connectivity index (χ3v) is 3.11. The second kappa shape index (κ2) is 5.20. The summed E-state index contributed by atoms with van der Waals surface area (Å²) >= 11 is 0. The number of aryl methyl sites for hydroxylation is 2. The molecule has 0 saturated carbocycles. The van der Waals surface area contributed by atoms with Crippen molar-refractivity contribution in [1.29, 1.82) is 0 Å². The van der Waals surface area contributed by atoms with Crippen LogP contribution in [0.15, 0.2) is 36.8 Å². The van der Waals surface area contributed by atoms with Crippen molar-refractivity contribution in [3.05, 3.63) is 53.7 Å². The van der Waals surface area contributed by atoms with Gasteiger partial charge in [-0.15, -0.1) is 0 Å². The van der Waals surface area contributed by atoms with Crippen LogP contribution in [0, 0.1) is 13.8 Å². The first-order valence-corrected chi connectivity index (χ1v) is 6.45. The maximum Gasteiger partial charge on any atom is 0.259 e. The van der Waals surface area contributed by atoms with Gasteiger partial charge in [0, 0.05) is 24.3 Å². The number of pyridine rings is 1. The average molecular weight is 282 g/mol. The Bertz CT molecular complexity index is 755. The molecule has 0 radical (unpaired) electrons. The zero-order valence-corrected chi connectivity index (χ0v) is 11.7. The minimum Gasteiger partial charge on any atom is -0.319 e. The maximum atomic E-state index is 12.4. The highest BCUT2D eigenvalue weighted by atomic mass is 16.1. The van der Waals surface area contributed by atoms with Gasteiger partial charge in [0.05, 0.1) is 16.9 Å². The van der Waals surface area contributed by atoms with Crippen molar-refractivity contribution < 1.29 is 4.79 Å². The van der Waals surface area contributed by atoms with E-state index in [2.05, 4.69) is 25.6 Å². The standard InChI is InChI=1S/C14H14N6O/c1-9-12(10(2)19-18-9)14(21)17-11-5-3-6-15-13(11)20-8-4-7-16-20/h3-8H,1-2H3,(H,17,21)(H,18,19). The molecule has 3 aromatic rings. The van der Waals surface area contributed by atoms with Crippen molar-refractivity contribution in [2.45, 2.75) is 13.8 Å². The predicted molar refractivity (Wildman–Crippen MR) is 77.4 cm³/mol. The summed E-state index contributed by atoms with van der Waals surface area (Å²) in [6, 6.07) is 5.34. The molecule has 3 heterocycles. The molecule has 106 valence electrons. The van der Waals surface area contributed by atoms with Crippen LogP contribution in [0.5, 0.6) is 0 Å². The lowest BCUT2D eigenvalue weighted by Gasteiger charge is -2.10. The van der Waals surface area contributed by atoms with Crippen LogP contribution >= 0.6 is 0 Å². The summed E-state index contributed by atoms with van der Waals surface area (Å²) < 4.78 is 1.60. The quantitative estimate of drug-likeness (QED) is 0.767. The van der Waals surface area contributed by atoms with Crippen molar-refractivity contribution in [3.63, 3.8) is 0 Å². The average Bonchev–Trinajstić information content (AvgIpc) is 3.10. The number of H-pyrrole nitrogens is 1. The summed E-state index contributed by atoms with van der Waals surface area (Å²) in [7, 11) is 0. The number of anilines is 1. The first kappa shape index (κ1) is 13.0. The van der Waals surface area contributed by atoms with Gasteiger partial charge in [-0.1, -0.05) is 0 Å². The third-order valence-electron chi connectivity index (χ3n) is 3.11. The van der Waals surface area contributed by atoms with Crippen LogP contribution < -0.4 is 5.32 Å². The molecule has 0 aliphatic carbocycles. The van der Waals surface area contributed by atoms with E-state index in [-0.39, 0.29) is 5.91 Å². The molecule has 0 bridgehead atoms. The first-order chi connectivity index (χ1) is 10.2. The van der Waals surface area contributed by atoms with E-state index in [4.69, 9.17) is 0 Å². The summed E-state index contributed by atoms with van der Waals surface area (Å²) in [5.41, 5.74) is 2.53. The second-order valence-corrected chi connectivity index (χ2v) is 4.59. The van der Waals surface area contributed by atoms with Crippen molar-refractivity contribution in [1.82, 2.24) is 25.0 Å². The van der Waals surface area contributed by atoms with Crippen LogP contribution in [0.3, 0.4) is 0 Å². The highest BCUT2D eigenvalue weighted by Crippen LogP contribution is 2.18. The molecule has 21 heavy (non-hydrogen) atoms. The summed E-state index contributed by atoms with van der Waals surface area (Å²) in [5, 5.41) is 13.8. The van der Waals surface area contributed by atoms with Gasteiger partial charge in [0.2, 0.25) is 0 Å². The zero-order chi connectivity index (χ0) is 14.8. The van der Waals surface area contributed by atoms with E-state index >= 15 is 0 Å². The van der Waals surface area contributed by atoms with E-state index in [1.807, 2.05) is 6.92 Å². The number of hydrogen-bond acceptors (Lipinski definition) is 4. The topological polar surface area (TPSA) is 88.5 Å². The fourth-order valence-electron chi connectivity index (χ4n) is 2.14. The number of nitrogens with zero attached hydrogens (tertiary/aromatic N) is 4. The van der Waals surface area contributed by atoms with E-state index in [1.165, 1.54) is 0 Å². The number of rotatable bonds is 3. The monoisotopic (exact) mass is 282 g/mol. The van der Waals surface area contributed by atoms with E-state index in [0.29, 0.717) is 22.8 Å². The van der Waals surface area contributed by atoms with Crippen LogP contribution in [0.25, 0.3) is 5.82 Å². The summed E-state index contributed by atoms with van der Waals surface area (Å²) in [5.74, 6) is 0.342. The molecule has 1 amide bonds. The van der Waals surface area contributed by atoms with Gasteiger partial charge < -0.3 is 5.32 Å². The number of amides is 1. The minimum absolute atomic E-state index is 0.222.